The van der Waals surface area contributed by atoms with Crippen molar-refractivity contribution in [3.63, 3.8) is 0 Å². The summed E-state index contributed by atoms with van der Waals surface area (Å²) in [5, 5.41) is 19.8. The first kappa shape index (κ1) is 22.7. The molecule has 170 valence electrons. The van der Waals surface area contributed by atoms with E-state index in [1.165, 1.54) is 0 Å². The Labute approximate surface area is 193 Å². The average molecular weight is 446 g/mol. The second kappa shape index (κ2) is 9.55. The van der Waals surface area contributed by atoms with Crippen LogP contribution in [-0.4, -0.2) is 47.9 Å². The molecule has 1 fully saturated rings. The lowest BCUT2D eigenvalue weighted by Gasteiger charge is -2.28. The molecule has 0 amide bonds. The number of rotatable bonds is 6. The Morgan fingerprint density at radius 2 is 1.88 bits per heavy atom. The van der Waals surface area contributed by atoms with Gasteiger partial charge in [-0.1, -0.05) is 24.3 Å². The van der Waals surface area contributed by atoms with Gasteiger partial charge in [0, 0.05) is 31.3 Å². The van der Waals surface area contributed by atoms with E-state index < -0.39 is 5.60 Å². The zero-order valence-corrected chi connectivity index (χ0v) is 18.8. The van der Waals surface area contributed by atoms with Gasteiger partial charge in [-0.05, 0) is 43.2 Å². The molecule has 1 atom stereocenters. The van der Waals surface area contributed by atoms with E-state index in [0.717, 1.165) is 35.6 Å². The van der Waals surface area contributed by atoms with Crippen LogP contribution < -0.4 is 15.4 Å². The topological polar surface area (TPSA) is 118 Å². The van der Waals surface area contributed by atoms with Gasteiger partial charge in [-0.25, -0.2) is 4.98 Å². The number of ether oxygens (including phenoxy) is 2. The fourth-order valence-electron chi connectivity index (χ4n) is 3.69. The van der Waals surface area contributed by atoms with Crippen molar-refractivity contribution >= 4 is 5.82 Å². The lowest BCUT2D eigenvalue weighted by atomic mass is 9.93. The molecule has 2 heterocycles. The molecule has 0 aliphatic carbocycles. The number of nitriles is 1. The Morgan fingerprint density at radius 3 is 2.55 bits per heavy atom. The third kappa shape index (κ3) is 5.12. The van der Waals surface area contributed by atoms with Gasteiger partial charge in [0.15, 0.2) is 0 Å². The summed E-state index contributed by atoms with van der Waals surface area (Å²) in [6, 6.07) is 16.8. The smallest absolute Gasteiger partial charge is 0.224 e. The van der Waals surface area contributed by atoms with Crippen LogP contribution in [0, 0.1) is 18.3 Å². The standard InChI is InChI=1S/C25H27N5O3/c1-17-28-23(30-9-11-32-12-10-30)14-24(29-17)33-22-13-18(15-26)3-8-21(22)19-4-6-20(7-5-19)25(2,31)16-27/h3-8,13-14,31H,9-12,16,27H2,1-2H3. The van der Waals surface area contributed by atoms with Gasteiger partial charge in [-0.2, -0.15) is 10.2 Å². The maximum Gasteiger partial charge on any atom is 0.224 e. The van der Waals surface area contributed by atoms with Gasteiger partial charge in [0.2, 0.25) is 5.88 Å². The van der Waals surface area contributed by atoms with Crippen LogP contribution in [0.2, 0.25) is 0 Å². The number of benzene rings is 2. The summed E-state index contributed by atoms with van der Waals surface area (Å²) in [7, 11) is 0. The van der Waals surface area contributed by atoms with Crippen LogP contribution in [0.25, 0.3) is 11.1 Å². The molecule has 3 aromatic rings. The molecule has 4 rings (SSSR count). The number of morpholine rings is 1. The van der Waals surface area contributed by atoms with E-state index in [4.69, 9.17) is 15.2 Å². The zero-order valence-electron chi connectivity index (χ0n) is 18.8. The van der Waals surface area contributed by atoms with Crippen molar-refractivity contribution in [3.05, 3.63) is 65.5 Å². The monoisotopic (exact) mass is 445 g/mol. The molecule has 1 aliphatic rings. The summed E-state index contributed by atoms with van der Waals surface area (Å²) in [5.74, 6) is 2.30. The van der Waals surface area contributed by atoms with E-state index in [1.807, 2.05) is 43.3 Å². The number of anilines is 1. The van der Waals surface area contributed by atoms with Crippen molar-refractivity contribution in [2.45, 2.75) is 19.4 Å². The minimum absolute atomic E-state index is 0.121. The first-order valence-electron chi connectivity index (χ1n) is 10.8. The summed E-state index contributed by atoms with van der Waals surface area (Å²) in [4.78, 5) is 11.1. The van der Waals surface area contributed by atoms with Crippen LogP contribution in [0.1, 0.15) is 23.9 Å². The molecule has 1 aliphatic heterocycles. The van der Waals surface area contributed by atoms with Crippen LogP contribution in [-0.2, 0) is 10.3 Å². The summed E-state index contributed by atoms with van der Waals surface area (Å²) in [5.41, 5.74) is 7.48. The highest BCUT2D eigenvalue weighted by Crippen LogP contribution is 2.35. The minimum Gasteiger partial charge on any atom is -0.438 e. The first-order chi connectivity index (χ1) is 15.9. The van der Waals surface area contributed by atoms with Crippen molar-refractivity contribution in [1.82, 2.24) is 9.97 Å². The summed E-state index contributed by atoms with van der Waals surface area (Å²) < 4.78 is 11.6. The van der Waals surface area contributed by atoms with Gasteiger partial charge >= 0.3 is 0 Å². The number of aromatic nitrogens is 2. The van der Waals surface area contributed by atoms with E-state index in [1.54, 1.807) is 19.1 Å². The lowest BCUT2D eigenvalue weighted by Crippen LogP contribution is -2.36. The van der Waals surface area contributed by atoms with Gasteiger partial charge in [-0.15, -0.1) is 0 Å². The number of aliphatic hydroxyl groups is 1. The Hall–Kier alpha value is -3.51. The predicted octanol–water partition coefficient (Wildman–Crippen LogP) is 3.12. The van der Waals surface area contributed by atoms with Gasteiger partial charge in [0.1, 0.15) is 17.4 Å². The van der Waals surface area contributed by atoms with Crippen molar-refractivity contribution in [3.8, 4) is 28.8 Å². The zero-order chi connectivity index (χ0) is 23.4. The highest BCUT2D eigenvalue weighted by Gasteiger charge is 2.21. The average Bonchev–Trinajstić information content (AvgIpc) is 2.84. The number of hydrogen-bond acceptors (Lipinski definition) is 8. The van der Waals surface area contributed by atoms with Crippen molar-refractivity contribution < 1.29 is 14.6 Å². The van der Waals surface area contributed by atoms with Crippen molar-refractivity contribution in [2.24, 2.45) is 5.73 Å². The molecule has 0 radical (unpaired) electrons. The van der Waals surface area contributed by atoms with Crippen LogP contribution in [0.3, 0.4) is 0 Å². The molecule has 8 heteroatoms. The van der Waals surface area contributed by atoms with Gasteiger partial charge in [0.25, 0.3) is 0 Å². The summed E-state index contributed by atoms with van der Waals surface area (Å²) in [6.07, 6.45) is 0. The Bertz CT molecular complexity index is 1170. The molecular formula is C25H27N5O3. The molecule has 1 unspecified atom stereocenters. The Morgan fingerprint density at radius 1 is 1.15 bits per heavy atom. The maximum atomic E-state index is 10.4. The summed E-state index contributed by atoms with van der Waals surface area (Å²) >= 11 is 0. The fourth-order valence-corrected chi connectivity index (χ4v) is 3.69. The molecule has 0 saturated carbocycles. The quantitative estimate of drug-likeness (QED) is 0.594. The van der Waals surface area contributed by atoms with E-state index in [-0.39, 0.29) is 6.54 Å². The number of aryl methyl sites for hydroxylation is 1. The fraction of sp³-hybridized carbons (Fsp3) is 0.320. The molecule has 0 spiro atoms. The third-order valence-electron chi connectivity index (χ3n) is 5.68. The minimum atomic E-state index is -1.10. The number of nitrogens with two attached hydrogens (primary N) is 1. The molecular weight excluding hydrogens is 418 g/mol. The third-order valence-corrected chi connectivity index (χ3v) is 5.68. The molecule has 2 aromatic carbocycles. The lowest BCUT2D eigenvalue weighted by molar-refractivity contribution is 0.0668. The highest BCUT2D eigenvalue weighted by atomic mass is 16.5. The van der Waals surface area contributed by atoms with Crippen LogP contribution >= 0.6 is 0 Å². The van der Waals surface area contributed by atoms with Crippen molar-refractivity contribution in [2.75, 3.05) is 37.7 Å². The second-order valence-corrected chi connectivity index (χ2v) is 8.19. The van der Waals surface area contributed by atoms with Crippen LogP contribution in [0.15, 0.2) is 48.5 Å². The van der Waals surface area contributed by atoms with Gasteiger partial charge in [-0.3, -0.25) is 0 Å². The van der Waals surface area contributed by atoms with Crippen LogP contribution in [0.5, 0.6) is 11.6 Å². The van der Waals surface area contributed by atoms with Crippen LogP contribution in [0.4, 0.5) is 5.82 Å². The molecule has 33 heavy (non-hydrogen) atoms. The summed E-state index contributed by atoms with van der Waals surface area (Å²) in [6.45, 7) is 6.44. The normalized spacial score (nSPS) is 15.5. The molecule has 8 nitrogen and oxygen atoms in total. The molecule has 3 N–H and O–H groups in total. The van der Waals surface area contributed by atoms with E-state index in [9.17, 15) is 10.4 Å². The molecule has 1 aromatic heterocycles. The maximum absolute atomic E-state index is 10.4. The number of nitrogens with zero attached hydrogens (tertiary/aromatic N) is 4. The van der Waals surface area contributed by atoms with E-state index >= 15 is 0 Å². The van der Waals surface area contributed by atoms with Gasteiger partial charge < -0.3 is 25.2 Å². The highest BCUT2D eigenvalue weighted by molar-refractivity contribution is 5.72. The second-order valence-electron chi connectivity index (χ2n) is 8.19. The number of hydrogen-bond donors (Lipinski definition) is 2. The van der Waals surface area contributed by atoms with Crippen molar-refractivity contribution in [1.29, 1.82) is 5.26 Å². The van der Waals surface area contributed by atoms with Gasteiger partial charge in [0.05, 0.1) is 30.4 Å². The SMILES string of the molecule is Cc1nc(Oc2cc(C#N)ccc2-c2ccc(C(C)(O)CN)cc2)cc(N2CCOCC2)n1. The predicted molar refractivity (Wildman–Crippen MR) is 125 cm³/mol. The first-order valence-corrected chi connectivity index (χ1v) is 10.8. The Balaban J connectivity index is 1.69. The van der Waals surface area contributed by atoms with E-state index in [0.29, 0.717) is 36.2 Å². The largest absolute Gasteiger partial charge is 0.438 e. The Kier molecular flexibility index (Phi) is 6.56. The van der Waals surface area contributed by atoms with E-state index in [2.05, 4.69) is 20.9 Å². The molecule has 1 saturated heterocycles. The molecule has 0 bridgehead atoms.